The molecular formula is C9H17F3N2O2. The molecule has 2 amide bonds. The van der Waals surface area contributed by atoms with Gasteiger partial charge < -0.3 is 15.4 Å². The summed E-state index contributed by atoms with van der Waals surface area (Å²) in [6.07, 6.45) is -4.38. The maximum atomic E-state index is 11.7. The molecule has 2 N–H and O–H groups in total. The van der Waals surface area contributed by atoms with Crippen molar-refractivity contribution >= 4 is 6.03 Å². The lowest BCUT2D eigenvalue weighted by Gasteiger charge is -2.10. The zero-order chi connectivity index (χ0) is 12.6. The number of rotatable bonds is 6. The van der Waals surface area contributed by atoms with E-state index in [1.807, 2.05) is 13.8 Å². The molecule has 16 heavy (non-hydrogen) atoms. The molecule has 0 fully saturated rings. The molecule has 0 aliphatic heterocycles. The zero-order valence-electron chi connectivity index (χ0n) is 9.36. The molecule has 0 saturated heterocycles. The predicted molar refractivity (Wildman–Crippen MR) is 53.1 cm³/mol. The van der Waals surface area contributed by atoms with E-state index in [1.54, 1.807) is 5.32 Å². The Morgan fingerprint density at radius 3 is 2.44 bits per heavy atom. The van der Waals surface area contributed by atoms with Crippen LogP contribution >= 0.6 is 0 Å². The Morgan fingerprint density at radius 1 is 1.31 bits per heavy atom. The molecule has 0 saturated carbocycles. The largest absolute Gasteiger partial charge is 0.405 e. The molecule has 0 atom stereocenters. The summed E-state index contributed by atoms with van der Waals surface area (Å²) in [4.78, 5) is 10.8. The van der Waals surface area contributed by atoms with E-state index in [1.165, 1.54) is 0 Å². The lowest BCUT2D eigenvalue weighted by atomic mass is 10.2. The first-order valence-corrected chi connectivity index (χ1v) is 4.97. The normalized spacial score (nSPS) is 11.6. The van der Waals surface area contributed by atoms with E-state index >= 15 is 0 Å². The fourth-order valence-electron chi connectivity index (χ4n) is 0.799. The van der Waals surface area contributed by atoms with Gasteiger partial charge in [-0.2, -0.15) is 13.2 Å². The topological polar surface area (TPSA) is 50.4 Å². The zero-order valence-corrected chi connectivity index (χ0v) is 9.36. The smallest absolute Gasteiger partial charge is 0.379 e. The van der Waals surface area contributed by atoms with Gasteiger partial charge in [-0.1, -0.05) is 13.8 Å². The van der Waals surface area contributed by atoms with Crippen LogP contribution in [0.2, 0.25) is 0 Å². The highest BCUT2D eigenvalue weighted by molar-refractivity contribution is 5.73. The van der Waals surface area contributed by atoms with Crippen LogP contribution in [0.3, 0.4) is 0 Å². The molecule has 0 aliphatic rings. The number of hydrogen-bond donors (Lipinski definition) is 2. The Balaban J connectivity index is 3.38. The van der Waals surface area contributed by atoms with Gasteiger partial charge in [-0.05, 0) is 5.92 Å². The molecule has 0 aromatic rings. The number of ether oxygens (including phenoxy) is 1. The number of carbonyl (C=O) groups is 1. The average Bonchev–Trinajstić information content (AvgIpc) is 2.12. The molecule has 0 heterocycles. The van der Waals surface area contributed by atoms with Crippen molar-refractivity contribution in [2.45, 2.75) is 20.0 Å². The Hall–Kier alpha value is -0.980. The molecule has 7 heteroatoms. The molecule has 96 valence electrons. The second-order valence-electron chi connectivity index (χ2n) is 3.69. The summed E-state index contributed by atoms with van der Waals surface area (Å²) in [5.41, 5.74) is 0. The Bertz CT molecular complexity index is 207. The summed E-state index contributed by atoms with van der Waals surface area (Å²) in [5.74, 6) is 0.388. The predicted octanol–water partition coefficient (Wildman–Crippen LogP) is 1.52. The maximum Gasteiger partial charge on any atom is 0.405 e. The van der Waals surface area contributed by atoms with Crippen LogP contribution in [0.1, 0.15) is 13.8 Å². The van der Waals surface area contributed by atoms with Crippen LogP contribution in [0.25, 0.3) is 0 Å². The van der Waals surface area contributed by atoms with Crippen LogP contribution in [0.4, 0.5) is 18.0 Å². The van der Waals surface area contributed by atoms with Gasteiger partial charge in [0.2, 0.25) is 0 Å². The minimum Gasteiger partial charge on any atom is -0.379 e. The molecule has 0 aliphatic carbocycles. The van der Waals surface area contributed by atoms with Crippen molar-refractivity contribution in [1.82, 2.24) is 10.6 Å². The third kappa shape index (κ3) is 11.1. The first kappa shape index (κ1) is 15.0. The van der Waals surface area contributed by atoms with Crippen LogP contribution in [0.5, 0.6) is 0 Å². The van der Waals surface area contributed by atoms with Crippen LogP contribution in [-0.4, -0.2) is 38.5 Å². The first-order valence-electron chi connectivity index (χ1n) is 4.97. The van der Waals surface area contributed by atoms with Crippen LogP contribution < -0.4 is 10.6 Å². The van der Waals surface area contributed by atoms with Crippen LogP contribution in [0.15, 0.2) is 0 Å². The minimum atomic E-state index is -4.38. The quantitative estimate of drug-likeness (QED) is 0.694. The number of amides is 2. The van der Waals surface area contributed by atoms with Gasteiger partial charge >= 0.3 is 12.2 Å². The summed E-state index contributed by atoms with van der Waals surface area (Å²) in [6, 6.07) is -0.842. The fourth-order valence-corrected chi connectivity index (χ4v) is 0.799. The van der Waals surface area contributed by atoms with Crippen molar-refractivity contribution in [2.24, 2.45) is 5.92 Å². The third-order valence-electron chi connectivity index (χ3n) is 1.43. The summed E-state index contributed by atoms with van der Waals surface area (Å²) in [5, 5.41) is 3.95. The van der Waals surface area contributed by atoms with Crippen molar-refractivity contribution < 1.29 is 22.7 Å². The summed E-state index contributed by atoms with van der Waals surface area (Å²) in [7, 11) is 0. The molecule has 0 radical (unpaired) electrons. The SMILES string of the molecule is CC(C)COCCNC(=O)NCC(F)(F)F. The van der Waals surface area contributed by atoms with Crippen molar-refractivity contribution in [3.05, 3.63) is 0 Å². The summed E-state index contributed by atoms with van der Waals surface area (Å²) >= 11 is 0. The van der Waals surface area contributed by atoms with Gasteiger partial charge in [0.25, 0.3) is 0 Å². The molecule has 4 nitrogen and oxygen atoms in total. The number of urea groups is 1. The van der Waals surface area contributed by atoms with Crippen LogP contribution in [0, 0.1) is 5.92 Å². The lowest BCUT2D eigenvalue weighted by Crippen LogP contribution is -2.41. The number of halogens is 3. The Labute approximate surface area is 92.5 Å². The van der Waals surface area contributed by atoms with Gasteiger partial charge in [0, 0.05) is 13.2 Å². The van der Waals surface area contributed by atoms with E-state index in [9.17, 15) is 18.0 Å². The van der Waals surface area contributed by atoms with Crippen molar-refractivity contribution in [2.75, 3.05) is 26.3 Å². The molecular weight excluding hydrogens is 225 g/mol. The molecule has 0 aromatic heterocycles. The molecule has 0 bridgehead atoms. The molecule has 0 aromatic carbocycles. The average molecular weight is 242 g/mol. The van der Waals surface area contributed by atoms with Crippen LogP contribution in [-0.2, 0) is 4.74 Å². The summed E-state index contributed by atoms with van der Waals surface area (Å²) < 4.78 is 40.2. The number of alkyl halides is 3. The second-order valence-corrected chi connectivity index (χ2v) is 3.69. The standard InChI is InChI=1S/C9H17F3N2O2/c1-7(2)5-16-4-3-13-8(15)14-6-9(10,11)12/h7H,3-6H2,1-2H3,(H2,13,14,15). The second kappa shape index (κ2) is 7.32. The van der Waals surface area contributed by atoms with E-state index in [2.05, 4.69) is 5.32 Å². The van der Waals surface area contributed by atoms with Crippen molar-refractivity contribution in [3.63, 3.8) is 0 Å². The Kier molecular flexibility index (Phi) is 6.87. The van der Waals surface area contributed by atoms with E-state index < -0.39 is 18.8 Å². The van der Waals surface area contributed by atoms with E-state index in [4.69, 9.17) is 4.74 Å². The van der Waals surface area contributed by atoms with Crippen molar-refractivity contribution in [3.8, 4) is 0 Å². The fraction of sp³-hybridized carbons (Fsp3) is 0.889. The van der Waals surface area contributed by atoms with Gasteiger partial charge in [-0.25, -0.2) is 4.79 Å². The van der Waals surface area contributed by atoms with E-state index in [0.29, 0.717) is 12.5 Å². The van der Waals surface area contributed by atoms with Gasteiger partial charge in [0.15, 0.2) is 0 Å². The van der Waals surface area contributed by atoms with Gasteiger partial charge in [-0.3, -0.25) is 0 Å². The summed E-state index contributed by atoms with van der Waals surface area (Å²) in [6.45, 7) is 3.67. The van der Waals surface area contributed by atoms with Gasteiger partial charge in [0.05, 0.1) is 6.61 Å². The third-order valence-corrected chi connectivity index (χ3v) is 1.43. The van der Waals surface area contributed by atoms with Gasteiger partial charge in [-0.15, -0.1) is 0 Å². The number of nitrogens with one attached hydrogen (secondary N) is 2. The highest BCUT2D eigenvalue weighted by Gasteiger charge is 2.27. The lowest BCUT2D eigenvalue weighted by molar-refractivity contribution is -0.122. The van der Waals surface area contributed by atoms with E-state index in [0.717, 1.165) is 0 Å². The van der Waals surface area contributed by atoms with Gasteiger partial charge in [0.1, 0.15) is 6.54 Å². The van der Waals surface area contributed by atoms with Crippen molar-refractivity contribution in [1.29, 1.82) is 0 Å². The number of carbonyl (C=O) groups excluding carboxylic acids is 1. The molecule has 0 spiro atoms. The number of hydrogen-bond acceptors (Lipinski definition) is 2. The highest BCUT2D eigenvalue weighted by Crippen LogP contribution is 2.11. The Morgan fingerprint density at radius 2 is 1.94 bits per heavy atom. The maximum absolute atomic E-state index is 11.7. The molecule has 0 rings (SSSR count). The molecule has 0 unspecified atom stereocenters. The minimum absolute atomic E-state index is 0.191. The highest BCUT2D eigenvalue weighted by atomic mass is 19.4. The van der Waals surface area contributed by atoms with E-state index in [-0.39, 0.29) is 13.2 Å². The first-order chi connectivity index (χ1) is 7.31. The monoisotopic (exact) mass is 242 g/mol.